The van der Waals surface area contributed by atoms with Crippen molar-refractivity contribution in [2.24, 2.45) is 0 Å². The Labute approximate surface area is 208 Å². The molecule has 0 bridgehead atoms. The number of ether oxygens (including phenoxy) is 4. The Morgan fingerprint density at radius 2 is 1.94 bits per heavy atom. The maximum absolute atomic E-state index is 12.6. The number of hydrogen-bond donors (Lipinski definition) is 1. The zero-order chi connectivity index (χ0) is 25.3. The quantitative estimate of drug-likeness (QED) is 0.478. The Morgan fingerprint density at radius 1 is 1.17 bits per heavy atom. The molecule has 1 aliphatic heterocycles. The van der Waals surface area contributed by atoms with E-state index in [2.05, 4.69) is 10.2 Å². The van der Waals surface area contributed by atoms with Gasteiger partial charge in [-0.25, -0.2) is 0 Å². The number of rotatable bonds is 7. The lowest BCUT2D eigenvalue weighted by Gasteiger charge is -2.24. The zero-order valence-corrected chi connectivity index (χ0v) is 21.0. The first-order chi connectivity index (χ1) is 16.7. The molecule has 10 heteroatoms. The summed E-state index contributed by atoms with van der Waals surface area (Å²) in [6.07, 6.45) is -1.67. The highest BCUT2D eigenvalue weighted by Crippen LogP contribution is 2.46. The molecule has 2 aromatic carbocycles. The zero-order valence-electron chi connectivity index (χ0n) is 20.2. The third-order valence-corrected chi connectivity index (χ3v) is 5.94. The lowest BCUT2D eigenvalue weighted by Crippen LogP contribution is -2.23. The SMILES string of the molecule is CCOC(=O)CC1OC(c2cccc(OC)c2OC)c2cc(Cl)ccc2-n2c1nnc2C(C)(C)O. The van der Waals surface area contributed by atoms with Crippen molar-refractivity contribution in [1.82, 2.24) is 14.8 Å². The van der Waals surface area contributed by atoms with Gasteiger partial charge in [-0.2, -0.15) is 0 Å². The maximum Gasteiger partial charge on any atom is 0.308 e. The molecule has 0 saturated heterocycles. The van der Waals surface area contributed by atoms with Crippen LogP contribution in [0.15, 0.2) is 36.4 Å². The maximum atomic E-state index is 12.6. The molecule has 186 valence electrons. The summed E-state index contributed by atoms with van der Waals surface area (Å²) in [5.74, 6) is 1.23. The number of benzene rings is 2. The number of halogens is 1. The number of nitrogens with zero attached hydrogens (tertiary/aromatic N) is 3. The number of para-hydroxylation sites is 1. The molecule has 1 aromatic heterocycles. The molecule has 3 aromatic rings. The van der Waals surface area contributed by atoms with Crippen molar-refractivity contribution < 1.29 is 28.8 Å². The van der Waals surface area contributed by atoms with Crippen LogP contribution in [0.2, 0.25) is 5.02 Å². The highest BCUT2D eigenvalue weighted by molar-refractivity contribution is 6.30. The van der Waals surface area contributed by atoms with Crippen LogP contribution in [0.25, 0.3) is 5.69 Å². The predicted molar refractivity (Wildman–Crippen MR) is 128 cm³/mol. The van der Waals surface area contributed by atoms with Gasteiger partial charge in [-0.1, -0.05) is 23.7 Å². The molecule has 0 aliphatic carbocycles. The molecule has 0 spiro atoms. The van der Waals surface area contributed by atoms with Crippen LogP contribution in [0.4, 0.5) is 0 Å². The molecule has 4 rings (SSSR count). The van der Waals surface area contributed by atoms with Gasteiger partial charge in [-0.3, -0.25) is 9.36 Å². The molecule has 1 N–H and O–H groups in total. The molecular formula is C25H28ClN3O6. The topological polar surface area (TPSA) is 105 Å². The summed E-state index contributed by atoms with van der Waals surface area (Å²) in [5.41, 5.74) is 0.687. The monoisotopic (exact) mass is 501 g/mol. The number of fused-ring (bicyclic) bond motifs is 3. The van der Waals surface area contributed by atoms with E-state index in [-0.39, 0.29) is 13.0 Å². The fourth-order valence-electron chi connectivity index (χ4n) is 4.25. The highest BCUT2D eigenvalue weighted by atomic mass is 35.5. The van der Waals surface area contributed by atoms with Crippen molar-refractivity contribution >= 4 is 17.6 Å². The third kappa shape index (κ3) is 4.71. The molecule has 35 heavy (non-hydrogen) atoms. The van der Waals surface area contributed by atoms with Crippen LogP contribution in [0.3, 0.4) is 0 Å². The van der Waals surface area contributed by atoms with Gasteiger partial charge < -0.3 is 24.1 Å². The van der Waals surface area contributed by atoms with E-state index in [1.165, 1.54) is 0 Å². The van der Waals surface area contributed by atoms with Crippen molar-refractivity contribution in [3.63, 3.8) is 0 Å². The van der Waals surface area contributed by atoms with Crippen molar-refractivity contribution in [2.75, 3.05) is 20.8 Å². The minimum atomic E-state index is -1.33. The number of carbonyl (C=O) groups excluding carboxylic acids is 1. The number of esters is 1. The van der Waals surface area contributed by atoms with Crippen LogP contribution in [-0.4, -0.2) is 46.7 Å². The highest BCUT2D eigenvalue weighted by Gasteiger charge is 2.39. The van der Waals surface area contributed by atoms with Crippen molar-refractivity contribution in [3.05, 3.63) is 64.2 Å². The standard InChI is InChI=1S/C25H28ClN3O6/c1-6-34-20(30)13-19-23-27-28-24(25(2,3)31)29(23)17-11-10-14(26)12-16(17)21(35-19)15-8-7-9-18(32-4)22(15)33-5/h7-12,19,21,31H,6,13H2,1-5H3. The molecule has 9 nitrogen and oxygen atoms in total. The first kappa shape index (κ1) is 25.0. The van der Waals surface area contributed by atoms with Crippen LogP contribution in [-0.2, 0) is 19.9 Å². The van der Waals surface area contributed by atoms with E-state index < -0.39 is 23.8 Å². The predicted octanol–water partition coefficient (Wildman–Crippen LogP) is 4.28. The van der Waals surface area contributed by atoms with Gasteiger partial charge in [-0.15, -0.1) is 10.2 Å². The second kappa shape index (κ2) is 9.85. The van der Waals surface area contributed by atoms with Crippen LogP contribution < -0.4 is 9.47 Å². The molecular weight excluding hydrogens is 474 g/mol. The van der Waals surface area contributed by atoms with Gasteiger partial charge in [0.15, 0.2) is 23.1 Å². The van der Waals surface area contributed by atoms with Crippen molar-refractivity contribution in [3.8, 4) is 17.2 Å². The van der Waals surface area contributed by atoms with Crippen LogP contribution in [0, 0.1) is 0 Å². The third-order valence-electron chi connectivity index (χ3n) is 5.71. The van der Waals surface area contributed by atoms with Gasteiger partial charge in [0.1, 0.15) is 17.8 Å². The minimum absolute atomic E-state index is 0.109. The van der Waals surface area contributed by atoms with Gasteiger partial charge in [0.2, 0.25) is 0 Å². The minimum Gasteiger partial charge on any atom is -0.493 e. The summed E-state index contributed by atoms with van der Waals surface area (Å²) in [6.45, 7) is 5.21. The smallest absolute Gasteiger partial charge is 0.308 e. The fourth-order valence-corrected chi connectivity index (χ4v) is 4.43. The second-order valence-electron chi connectivity index (χ2n) is 8.58. The Hall–Kier alpha value is -3.14. The van der Waals surface area contributed by atoms with E-state index in [1.54, 1.807) is 57.8 Å². The number of carbonyl (C=O) groups is 1. The van der Waals surface area contributed by atoms with E-state index in [0.717, 1.165) is 0 Å². The molecule has 1 aliphatic rings. The number of hydrogen-bond acceptors (Lipinski definition) is 8. The fraction of sp³-hybridized carbons (Fsp3) is 0.400. The van der Waals surface area contributed by atoms with Gasteiger partial charge >= 0.3 is 5.97 Å². The van der Waals surface area contributed by atoms with Crippen LogP contribution >= 0.6 is 11.6 Å². The normalized spacial score (nSPS) is 17.2. The Balaban J connectivity index is 2.00. The Morgan fingerprint density at radius 3 is 2.60 bits per heavy atom. The Bertz CT molecular complexity index is 1240. The van der Waals surface area contributed by atoms with E-state index in [0.29, 0.717) is 45.0 Å². The van der Waals surface area contributed by atoms with E-state index in [9.17, 15) is 9.90 Å². The van der Waals surface area contributed by atoms with Crippen molar-refractivity contribution in [2.45, 2.75) is 45.0 Å². The summed E-state index contributed by atoms with van der Waals surface area (Å²) < 4.78 is 24.7. The molecule has 0 saturated carbocycles. The van der Waals surface area contributed by atoms with Crippen LogP contribution in [0.5, 0.6) is 11.5 Å². The summed E-state index contributed by atoms with van der Waals surface area (Å²) in [7, 11) is 3.11. The summed E-state index contributed by atoms with van der Waals surface area (Å²) >= 11 is 6.43. The molecule has 0 fully saturated rings. The second-order valence-corrected chi connectivity index (χ2v) is 9.01. The Kier molecular flexibility index (Phi) is 7.02. The average molecular weight is 502 g/mol. The largest absolute Gasteiger partial charge is 0.493 e. The molecule has 0 amide bonds. The summed E-state index contributed by atoms with van der Waals surface area (Å²) in [5, 5.41) is 19.9. The number of methoxy groups -OCH3 is 2. The van der Waals surface area contributed by atoms with Gasteiger partial charge in [0, 0.05) is 16.1 Å². The van der Waals surface area contributed by atoms with Gasteiger partial charge in [-0.05, 0) is 45.0 Å². The van der Waals surface area contributed by atoms with Gasteiger partial charge in [0.25, 0.3) is 0 Å². The van der Waals surface area contributed by atoms with E-state index >= 15 is 0 Å². The van der Waals surface area contributed by atoms with Gasteiger partial charge in [0.05, 0.1) is 32.9 Å². The number of aromatic nitrogens is 3. The van der Waals surface area contributed by atoms with Crippen LogP contribution in [0.1, 0.15) is 62.2 Å². The van der Waals surface area contributed by atoms with E-state index in [1.807, 2.05) is 18.2 Å². The lowest BCUT2D eigenvalue weighted by atomic mass is 9.98. The molecule has 2 atom stereocenters. The first-order valence-corrected chi connectivity index (χ1v) is 11.6. The molecule has 2 heterocycles. The molecule has 0 radical (unpaired) electrons. The lowest BCUT2D eigenvalue weighted by molar-refractivity contribution is -0.147. The average Bonchev–Trinajstić information content (AvgIpc) is 3.22. The number of aliphatic hydroxyl groups is 1. The molecule has 2 unspecified atom stereocenters. The first-order valence-electron chi connectivity index (χ1n) is 11.2. The summed E-state index contributed by atoms with van der Waals surface area (Å²) in [6, 6.07) is 10.8. The van der Waals surface area contributed by atoms with E-state index in [4.69, 9.17) is 30.5 Å². The summed E-state index contributed by atoms with van der Waals surface area (Å²) in [4.78, 5) is 12.6. The van der Waals surface area contributed by atoms with Crippen molar-refractivity contribution in [1.29, 1.82) is 0 Å².